The van der Waals surface area contributed by atoms with Crippen LogP contribution >= 0.6 is 0 Å². The SMILES string of the molecule is CC(C)(O)C(=O)Nc1cc(CN)cc(OCc2ccccc2)c1. The van der Waals surface area contributed by atoms with Crippen LogP contribution in [0, 0.1) is 0 Å². The second-order valence-corrected chi connectivity index (χ2v) is 5.86. The van der Waals surface area contributed by atoms with Gasteiger partial charge in [-0.2, -0.15) is 0 Å². The van der Waals surface area contributed by atoms with Gasteiger partial charge in [0.25, 0.3) is 5.91 Å². The first kappa shape index (κ1) is 17.0. The molecule has 1 amide bonds. The van der Waals surface area contributed by atoms with Gasteiger partial charge in [-0.25, -0.2) is 0 Å². The van der Waals surface area contributed by atoms with Crippen LogP contribution in [-0.2, 0) is 17.9 Å². The predicted octanol–water partition coefficient (Wildman–Crippen LogP) is 2.43. The average Bonchev–Trinajstić information content (AvgIpc) is 2.52. The summed E-state index contributed by atoms with van der Waals surface area (Å²) in [7, 11) is 0. The molecule has 0 aromatic heterocycles. The lowest BCUT2D eigenvalue weighted by molar-refractivity contribution is -0.130. The van der Waals surface area contributed by atoms with Crippen LogP contribution < -0.4 is 15.8 Å². The molecule has 0 bridgehead atoms. The van der Waals surface area contributed by atoms with Gasteiger partial charge in [0.1, 0.15) is 18.0 Å². The lowest BCUT2D eigenvalue weighted by Gasteiger charge is -2.18. The van der Waals surface area contributed by atoms with Crippen molar-refractivity contribution in [2.45, 2.75) is 32.6 Å². The molecule has 2 aromatic carbocycles. The summed E-state index contributed by atoms with van der Waals surface area (Å²) in [6.07, 6.45) is 0. The molecule has 0 aliphatic heterocycles. The average molecular weight is 314 g/mol. The van der Waals surface area contributed by atoms with E-state index in [0.717, 1.165) is 11.1 Å². The van der Waals surface area contributed by atoms with Gasteiger partial charge in [-0.3, -0.25) is 4.79 Å². The second-order valence-electron chi connectivity index (χ2n) is 5.86. The minimum atomic E-state index is -1.45. The molecule has 0 aliphatic carbocycles. The van der Waals surface area contributed by atoms with Crippen molar-refractivity contribution in [1.82, 2.24) is 0 Å². The number of hydrogen-bond donors (Lipinski definition) is 3. The number of benzene rings is 2. The summed E-state index contributed by atoms with van der Waals surface area (Å²) < 4.78 is 5.77. The van der Waals surface area contributed by atoms with E-state index in [1.54, 1.807) is 12.1 Å². The summed E-state index contributed by atoms with van der Waals surface area (Å²) in [6, 6.07) is 15.1. The topological polar surface area (TPSA) is 84.6 Å². The molecular formula is C18H22N2O3. The minimum absolute atomic E-state index is 0.327. The Labute approximate surface area is 136 Å². The largest absolute Gasteiger partial charge is 0.489 e. The fourth-order valence-corrected chi connectivity index (χ4v) is 1.96. The first-order valence-corrected chi connectivity index (χ1v) is 7.43. The molecule has 5 heteroatoms. The number of nitrogens with two attached hydrogens (primary N) is 1. The number of carbonyl (C=O) groups excluding carboxylic acids is 1. The Morgan fingerprint density at radius 3 is 2.48 bits per heavy atom. The van der Waals surface area contributed by atoms with Gasteiger partial charge >= 0.3 is 0 Å². The van der Waals surface area contributed by atoms with Crippen LogP contribution in [0.25, 0.3) is 0 Å². The molecule has 0 saturated heterocycles. The highest BCUT2D eigenvalue weighted by atomic mass is 16.5. The molecule has 23 heavy (non-hydrogen) atoms. The van der Waals surface area contributed by atoms with Gasteiger partial charge in [0, 0.05) is 18.3 Å². The van der Waals surface area contributed by atoms with E-state index in [2.05, 4.69) is 5.32 Å². The molecule has 2 rings (SSSR count). The van der Waals surface area contributed by atoms with E-state index >= 15 is 0 Å². The zero-order valence-corrected chi connectivity index (χ0v) is 13.4. The summed E-state index contributed by atoms with van der Waals surface area (Å²) in [4.78, 5) is 11.9. The molecule has 5 nitrogen and oxygen atoms in total. The van der Waals surface area contributed by atoms with Crippen molar-refractivity contribution in [3.05, 3.63) is 59.7 Å². The summed E-state index contributed by atoms with van der Waals surface area (Å²) >= 11 is 0. The fourth-order valence-electron chi connectivity index (χ4n) is 1.96. The Balaban J connectivity index is 2.13. The van der Waals surface area contributed by atoms with Crippen LogP contribution in [0.1, 0.15) is 25.0 Å². The molecule has 0 spiro atoms. The third kappa shape index (κ3) is 5.09. The molecule has 0 unspecified atom stereocenters. The van der Waals surface area contributed by atoms with Gasteiger partial charge in [-0.15, -0.1) is 0 Å². The van der Waals surface area contributed by atoms with Gasteiger partial charge < -0.3 is 20.9 Å². The van der Waals surface area contributed by atoms with Gasteiger partial charge in [-0.05, 0) is 37.1 Å². The molecule has 0 saturated carbocycles. The maximum Gasteiger partial charge on any atom is 0.255 e. The van der Waals surface area contributed by atoms with Gasteiger partial charge in [0.05, 0.1) is 0 Å². The Bertz CT molecular complexity index is 664. The normalized spacial score (nSPS) is 11.1. The van der Waals surface area contributed by atoms with E-state index in [-0.39, 0.29) is 0 Å². The van der Waals surface area contributed by atoms with E-state index in [4.69, 9.17) is 10.5 Å². The van der Waals surface area contributed by atoms with Gasteiger partial charge in [-0.1, -0.05) is 30.3 Å². The highest BCUT2D eigenvalue weighted by molar-refractivity contribution is 5.96. The van der Waals surface area contributed by atoms with Crippen LogP contribution in [0.4, 0.5) is 5.69 Å². The first-order valence-electron chi connectivity index (χ1n) is 7.43. The van der Waals surface area contributed by atoms with Gasteiger partial charge in [0.15, 0.2) is 0 Å². The van der Waals surface area contributed by atoms with Crippen molar-refractivity contribution in [3.63, 3.8) is 0 Å². The van der Waals surface area contributed by atoms with Crippen LogP contribution in [0.15, 0.2) is 48.5 Å². The third-order valence-corrected chi connectivity index (χ3v) is 3.26. The van der Waals surface area contributed by atoms with E-state index in [0.29, 0.717) is 24.6 Å². The molecule has 122 valence electrons. The number of rotatable bonds is 6. The number of aliphatic hydroxyl groups is 1. The predicted molar refractivity (Wildman–Crippen MR) is 90.0 cm³/mol. The molecular weight excluding hydrogens is 292 g/mol. The zero-order chi connectivity index (χ0) is 16.9. The van der Waals surface area contributed by atoms with E-state index < -0.39 is 11.5 Å². The molecule has 0 aliphatic rings. The number of hydrogen-bond acceptors (Lipinski definition) is 4. The molecule has 2 aromatic rings. The standard InChI is InChI=1S/C18H22N2O3/c1-18(2,22)17(21)20-15-8-14(11-19)9-16(10-15)23-12-13-6-4-3-5-7-13/h3-10,22H,11-12,19H2,1-2H3,(H,20,21). The van der Waals surface area contributed by atoms with Crippen molar-refractivity contribution in [2.75, 3.05) is 5.32 Å². The molecule has 0 fully saturated rings. The number of nitrogens with one attached hydrogen (secondary N) is 1. The highest BCUT2D eigenvalue weighted by Gasteiger charge is 2.23. The van der Waals surface area contributed by atoms with Gasteiger partial charge in [0.2, 0.25) is 0 Å². The molecule has 0 heterocycles. The maximum atomic E-state index is 11.9. The summed E-state index contributed by atoms with van der Waals surface area (Å²) in [5, 5.41) is 12.4. The smallest absolute Gasteiger partial charge is 0.255 e. The monoisotopic (exact) mass is 314 g/mol. The van der Waals surface area contributed by atoms with Crippen molar-refractivity contribution in [2.24, 2.45) is 5.73 Å². The van der Waals surface area contributed by atoms with Crippen molar-refractivity contribution < 1.29 is 14.6 Å². The summed E-state index contributed by atoms with van der Waals surface area (Å²) in [6.45, 7) is 3.62. The van der Waals surface area contributed by atoms with Crippen molar-refractivity contribution in [3.8, 4) is 5.75 Å². The Morgan fingerprint density at radius 1 is 1.17 bits per heavy atom. The number of amides is 1. The second kappa shape index (κ2) is 7.26. The number of anilines is 1. The minimum Gasteiger partial charge on any atom is -0.489 e. The van der Waals surface area contributed by atoms with Crippen LogP contribution in [0.5, 0.6) is 5.75 Å². The summed E-state index contributed by atoms with van der Waals surface area (Å²) in [5.41, 5.74) is 6.67. The number of ether oxygens (including phenoxy) is 1. The highest BCUT2D eigenvalue weighted by Crippen LogP contribution is 2.23. The van der Waals surface area contributed by atoms with Crippen LogP contribution in [-0.4, -0.2) is 16.6 Å². The maximum absolute atomic E-state index is 11.9. The Morgan fingerprint density at radius 2 is 1.87 bits per heavy atom. The van der Waals surface area contributed by atoms with E-state index in [1.165, 1.54) is 13.8 Å². The fraction of sp³-hybridized carbons (Fsp3) is 0.278. The molecule has 0 atom stereocenters. The third-order valence-electron chi connectivity index (χ3n) is 3.26. The number of carbonyl (C=O) groups is 1. The Kier molecular flexibility index (Phi) is 5.36. The summed E-state index contributed by atoms with van der Waals surface area (Å²) in [5.74, 6) is 0.128. The Hall–Kier alpha value is -2.37. The lowest BCUT2D eigenvalue weighted by atomic mass is 10.1. The van der Waals surface area contributed by atoms with Crippen LogP contribution in [0.3, 0.4) is 0 Å². The molecule has 4 N–H and O–H groups in total. The first-order chi connectivity index (χ1) is 10.9. The van der Waals surface area contributed by atoms with E-state index in [1.807, 2.05) is 36.4 Å². The molecule has 0 radical (unpaired) electrons. The van der Waals surface area contributed by atoms with Crippen LogP contribution in [0.2, 0.25) is 0 Å². The van der Waals surface area contributed by atoms with E-state index in [9.17, 15) is 9.90 Å². The van der Waals surface area contributed by atoms with Crippen molar-refractivity contribution >= 4 is 11.6 Å². The lowest BCUT2D eigenvalue weighted by Crippen LogP contribution is -2.36. The zero-order valence-electron chi connectivity index (χ0n) is 13.4. The quantitative estimate of drug-likeness (QED) is 0.764. The van der Waals surface area contributed by atoms with Crippen molar-refractivity contribution in [1.29, 1.82) is 0 Å².